The number of rotatable bonds is 10. The largest absolute Gasteiger partial charge is 0.334 e. The second-order valence-corrected chi connectivity index (χ2v) is 8.24. The fraction of sp³-hybridized carbons (Fsp3) is 0.370. The van der Waals surface area contributed by atoms with E-state index in [-0.39, 0.29) is 12.4 Å². The Hall–Kier alpha value is -2.40. The van der Waals surface area contributed by atoms with E-state index in [0.29, 0.717) is 0 Å². The van der Waals surface area contributed by atoms with Crippen molar-refractivity contribution in [2.45, 2.75) is 40.3 Å². The van der Waals surface area contributed by atoms with Gasteiger partial charge in [-0.2, -0.15) is 0 Å². The SMILES string of the molecule is CCN(CC)CCCNCc1cc2c3ccccc3n(Cc3ccccc3)c2c(C)n1.Cl. The number of nitrogens with zero attached hydrogens (tertiary/aromatic N) is 3. The van der Waals surface area contributed by atoms with E-state index in [1.165, 1.54) is 33.8 Å². The number of hydrogen-bond donors (Lipinski definition) is 1. The van der Waals surface area contributed by atoms with Crippen molar-refractivity contribution in [3.05, 3.63) is 77.6 Å². The van der Waals surface area contributed by atoms with Gasteiger partial charge in [0.05, 0.1) is 16.9 Å². The zero-order valence-corrected chi connectivity index (χ0v) is 20.3. The second-order valence-electron chi connectivity index (χ2n) is 8.24. The molecule has 0 aliphatic rings. The molecule has 0 saturated heterocycles. The fourth-order valence-electron chi connectivity index (χ4n) is 4.54. The normalized spacial score (nSPS) is 11.4. The Morgan fingerprint density at radius 3 is 2.41 bits per heavy atom. The zero-order valence-electron chi connectivity index (χ0n) is 19.5. The van der Waals surface area contributed by atoms with Gasteiger partial charge in [0.1, 0.15) is 0 Å². The summed E-state index contributed by atoms with van der Waals surface area (Å²) >= 11 is 0. The van der Waals surface area contributed by atoms with Crippen LogP contribution < -0.4 is 5.32 Å². The molecule has 4 rings (SSSR count). The summed E-state index contributed by atoms with van der Waals surface area (Å²) in [5.41, 5.74) is 6.05. The van der Waals surface area contributed by atoms with Gasteiger partial charge in [-0.1, -0.05) is 62.4 Å². The van der Waals surface area contributed by atoms with Crippen LogP contribution in [0.4, 0.5) is 0 Å². The van der Waals surface area contributed by atoms with Crippen molar-refractivity contribution in [2.75, 3.05) is 26.2 Å². The summed E-state index contributed by atoms with van der Waals surface area (Å²) in [7, 11) is 0. The van der Waals surface area contributed by atoms with Gasteiger partial charge < -0.3 is 14.8 Å². The molecule has 0 saturated carbocycles. The first-order valence-corrected chi connectivity index (χ1v) is 11.6. The highest BCUT2D eigenvalue weighted by molar-refractivity contribution is 6.08. The highest BCUT2D eigenvalue weighted by Crippen LogP contribution is 2.31. The van der Waals surface area contributed by atoms with Crippen LogP contribution in [0.3, 0.4) is 0 Å². The van der Waals surface area contributed by atoms with Crippen molar-refractivity contribution in [3.8, 4) is 0 Å². The number of fused-ring (bicyclic) bond motifs is 3. The first-order chi connectivity index (χ1) is 15.2. The minimum absolute atomic E-state index is 0. The molecule has 0 fully saturated rings. The van der Waals surface area contributed by atoms with Gasteiger partial charge in [0.25, 0.3) is 0 Å². The van der Waals surface area contributed by atoms with E-state index in [2.05, 4.69) is 96.2 Å². The molecule has 0 unspecified atom stereocenters. The van der Waals surface area contributed by atoms with E-state index in [9.17, 15) is 0 Å². The summed E-state index contributed by atoms with van der Waals surface area (Å²) in [5.74, 6) is 0. The number of aryl methyl sites for hydroxylation is 1. The minimum Gasteiger partial charge on any atom is -0.334 e. The summed E-state index contributed by atoms with van der Waals surface area (Å²) in [6, 6.07) is 21.7. The lowest BCUT2D eigenvalue weighted by atomic mass is 10.1. The van der Waals surface area contributed by atoms with Crippen molar-refractivity contribution in [2.24, 2.45) is 0 Å². The molecule has 0 spiro atoms. The molecular formula is C27H35ClN4. The minimum atomic E-state index is 0. The lowest BCUT2D eigenvalue weighted by Gasteiger charge is -2.17. The molecule has 0 atom stereocenters. The van der Waals surface area contributed by atoms with E-state index in [1.54, 1.807) is 0 Å². The predicted octanol–water partition coefficient (Wildman–Crippen LogP) is 5.79. The predicted molar refractivity (Wildman–Crippen MR) is 139 cm³/mol. The first kappa shape index (κ1) is 24.2. The molecule has 5 heteroatoms. The van der Waals surface area contributed by atoms with Gasteiger partial charge in [0, 0.05) is 29.4 Å². The van der Waals surface area contributed by atoms with Crippen LogP contribution in [0.15, 0.2) is 60.7 Å². The van der Waals surface area contributed by atoms with Gasteiger partial charge in [-0.15, -0.1) is 12.4 Å². The monoisotopic (exact) mass is 450 g/mol. The molecule has 4 nitrogen and oxygen atoms in total. The third kappa shape index (κ3) is 5.32. The summed E-state index contributed by atoms with van der Waals surface area (Å²) in [5, 5.41) is 6.21. The Balaban J connectivity index is 0.00000289. The summed E-state index contributed by atoms with van der Waals surface area (Å²) in [6.45, 7) is 12.7. The van der Waals surface area contributed by atoms with Crippen molar-refractivity contribution >= 4 is 34.2 Å². The number of pyridine rings is 1. The molecule has 0 radical (unpaired) electrons. The molecule has 1 N–H and O–H groups in total. The third-order valence-corrected chi connectivity index (χ3v) is 6.19. The number of benzene rings is 2. The molecule has 170 valence electrons. The standard InChI is InChI=1S/C27H34N4.ClH/c1-4-30(5-2)17-11-16-28-19-23-18-25-24-14-9-10-15-26(24)31(27(25)21(3)29-23)20-22-12-7-6-8-13-22;/h6-10,12-15,18,28H,4-5,11,16-17,19-20H2,1-3H3;1H. The van der Waals surface area contributed by atoms with Gasteiger partial charge in [-0.3, -0.25) is 4.98 Å². The first-order valence-electron chi connectivity index (χ1n) is 11.6. The van der Waals surface area contributed by atoms with Crippen LogP contribution in [-0.2, 0) is 13.1 Å². The average Bonchev–Trinajstić information content (AvgIpc) is 3.11. The molecular weight excluding hydrogens is 416 g/mol. The molecule has 0 aliphatic carbocycles. The molecule has 2 heterocycles. The Labute approximate surface area is 198 Å². The van der Waals surface area contributed by atoms with Crippen LogP contribution in [0.2, 0.25) is 0 Å². The van der Waals surface area contributed by atoms with E-state index in [1.807, 2.05) is 0 Å². The van der Waals surface area contributed by atoms with Gasteiger partial charge >= 0.3 is 0 Å². The third-order valence-electron chi connectivity index (χ3n) is 6.19. The molecule has 0 amide bonds. The number of aromatic nitrogens is 2. The maximum Gasteiger partial charge on any atom is 0.0711 e. The van der Waals surface area contributed by atoms with E-state index >= 15 is 0 Å². The van der Waals surface area contributed by atoms with Gasteiger partial charge in [-0.05, 0) is 57.2 Å². The molecule has 32 heavy (non-hydrogen) atoms. The maximum atomic E-state index is 4.97. The second kappa shape index (κ2) is 11.5. The molecule has 0 bridgehead atoms. The lowest BCUT2D eigenvalue weighted by Crippen LogP contribution is -2.27. The Morgan fingerprint density at radius 2 is 1.66 bits per heavy atom. The summed E-state index contributed by atoms with van der Waals surface area (Å²) < 4.78 is 2.42. The number of hydrogen-bond acceptors (Lipinski definition) is 3. The number of para-hydroxylation sites is 1. The van der Waals surface area contributed by atoms with Crippen molar-refractivity contribution in [1.29, 1.82) is 0 Å². The van der Waals surface area contributed by atoms with Gasteiger partial charge in [0.2, 0.25) is 0 Å². The van der Waals surface area contributed by atoms with E-state index < -0.39 is 0 Å². The molecule has 2 aromatic carbocycles. The summed E-state index contributed by atoms with van der Waals surface area (Å²) in [6.07, 6.45) is 1.17. The molecule has 2 aromatic heterocycles. The fourth-order valence-corrected chi connectivity index (χ4v) is 4.54. The summed E-state index contributed by atoms with van der Waals surface area (Å²) in [4.78, 5) is 7.44. The number of nitrogens with one attached hydrogen (secondary N) is 1. The molecule has 4 aromatic rings. The highest BCUT2D eigenvalue weighted by Gasteiger charge is 2.15. The Kier molecular flexibility index (Phi) is 8.68. The Bertz CT molecular complexity index is 1130. The van der Waals surface area contributed by atoms with Crippen LogP contribution in [0.1, 0.15) is 37.2 Å². The highest BCUT2D eigenvalue weighted by atomic mass is 35.5. The van der Waals surface area contributed by atoms with Crippen LogP contribution in [0.5, 0.6) is 0 Å². The quantitative estimate of drug-likeness (QED) is 0.310. The van der Waals surface area contributed by atoms with Crippen LogP contribution in [0, 0.1) is 6.92 Å². The lowest BCUT2D eigenvalue weighted by molar-refractivity contribution is 0.298. The topological polar surface area (TPSA) is 33.1 Å². The van der Waals surface area contributed by atoms with Crippen LogP contribution >= 0.6 is 12.4 Å². The smallest absolute Gasteiger partial charge is 0.0711 e. The van der Waals surface area contributed by atoms with Gasteiger partial charge in [0.15, 0.2) is 0 Å². The average molecular weight is 451 g/mol. The Morgan fingerprint density at radius 1 is 0.938 bits per heavy atom. The zero-order chi connectivity index (χ0) is 21.6. The maximum absolute atomic E-state index is 4.97. The van der Waals surface area contributed by atoms with Crippen LogP contribution in [0.25, 0.3) is 21.8 Å². The van der Waals surface area contributed by atoms with E-state index in [0.717, 1.165) is 50.7 Å². The van der Waals surface area contributed by atoms with E-state index in [4.69, 9.17) is 4.98 Å². The molecule has 0 aliphatic heterocycles. The van der Waals surface area contributed by atoms with Gasteiger partial charge in [-0.25, -0.2) is 0 Å². The van der Waals surface area contributed by atoms with Crippen LogP contribution in [-0.4, -0.2) is 40.6 Å². The number of halogens is 1. The van der Waals surface area contributed by atoms with Crippen molar-refractivity contribution in [3.63, 3.8) is 0 Å². The van der Waals surface area contributed by atoms with Crippen molar-refractivity contribution < 1.29 is 0 Å². The van der Waals surface area contributed by atoms with Crippen molar-refractivity contribution in [1.82, 2.24) is 19.8 Å².